The molecule has 2 aromatic heterocycles. The fourth-order valence-electron chi connectivity index (χ4n) is 2.78. The first kappa shape index (κ1) is 18.4. The molecule has 136 valence electrons. The molecule has 0 aliphatic rings. The maximum absolute atomic E-state index is 12.9. The van der Waals surface area contributed by atoms with E-state index in [2.05, 4.69) is 0 Å². The van der Waals surface area contributed by atoms with Crippen molar-refractivity contribution in [1.82, 2.24) is 4.57 Å². The highest BCUT2D eigenvalue weighted by Gasteiger charge is 2.29. The van der Waals surface area contributed by atoms with Crippen LogP contribution in [0.25, 0.3) is 10.9 Å². The fourth-order valence-corrected chi connectivity index (χ4v) is 3.13. The standard InChI is InChI=1S/C18H17Cl2N3O3/c1-18(2,17(22)25)8-23-7-9(16(24)12-4-3-5-26-12)13-11(23)6-10(19)14(20)15(13)21/h3-7H,8,21H2,1-2H3,(H2,22,25). The number of carbonyl (C=O) groups is 2. The summed E-state index contributed by atoms with van der Waals surface area (Å²) in [5.74, 6) is -0.643. The average molecular weight is 394 g/mol. The van der Waals surface area contributed by atoms with E-state index in [-0.39, 0.29) is 33.8 Å². The van der Waals surface area contributed by atoms with Crippen LogP contribution in [0.1, 0.15) is 30.0 Å². The van der Waals surface area contributed by atoms with Crippen LogP contribution in [0, 0.1) is 5.41 Å². The smallest absolute Gasteiger partial charge is 0.230 e. The molecule has 0 saturated heterocycles. The number of hydrogen-bond donors (Lipinski definition) is 2. The van der Waals surface area contributed by atoms with Gasteiger partial charge < -0.3 is 20.5 Å². The van der Waals surface area contributed by atoms with Gasteiger partial charge in [0.2, 0.25) is 11.7 Å². The molecule has 26 heavy (non-hydrogen) atoms. The second kappa shape index (κ2) is 6.37. The van der Waals surface area contributed by atoms with Crippen LogP contribution in [0.15, 0.2) is 35.1 Å². The van der Waals surface area contributed by atoms with E-state index in [0.717, 1.165) is 0 Å². The number of nitrogens with two attached hydrogens (primary N) is 2. The number of benzene rings is 1. The summed E-state index contributed by atoms with van der Waals surface area (Å²) >= 11 is 12.3. The molecule has 0 atom stereocenters. The number of primary amides is 1. The summed E-state index contributed by atoms with van der Waals surface area (Å²) in [5.41, 5.74) is 11.9. The first-order valence-electron chi connectivity index (χ1n) is 7.78. The minimum absolute atomic E-state index is 0.166. The molecule has 6 nitrogen and oxygen atoms in total. The molecule has 3 aromatic rings. The normalized spacial score (nSPS) is 11.8. The number of anilines is 1. The molecule has 8 heteroatoms. The summed E-state index contributed by atoms with van der Waals surface area (Å²) < 4.78 is 6.94. The Morgan fingerprint density at radius 2 is 2.00 bits per heavy atom. The van der Waals surface area contributed by atoms with Gasteiger partial charge in [-0.25, -0.2) is 0 Å². The zero-order valence-corrected chi connectivity index (χ0v) is 15.7. The SMILES string of the molecule is CC(C)(Cn1cc(C(=O)c2ccco2)c2c(N)c(Cl)c(Cl)cc21)C(N)=O. The fraction of sp³-hybridized carbons (Fsp3) is 0.222. The molecule has 1 amide bonds. The van der Waals surface area contributed by atoms with Crippen molar-refractivity contribution in [3.8, 4) is 0 Å². The highest BCUT2D eigenvalue weighted by atomic mass is 35.5. The molecular weight excluding hydrogens is 377 g/mol. The third kappa shape index (κ3) is 2.95. The maximum atomic E-state index is 12.9. The van der Waals surface area contributed by atoms with E-state index in [1.54, 1.807) is 42.8 Å². The highest BCUT2D eigenvalue weighted by molar-refractivity contribution is 6.45. The summed E-state index contributed by atoms with van der Waals surface area (Å²) in [6.45, 7) is 3.67. The van der Waals surface area contributed by atoms with Gasteiger partial charge in [0.1, 0.15) is 0 Å². The van der Waals surface area contributed by atoms with Gasteiger partial charge in [-0.3, -0.25) is 9.59 Å². The van der Waals surface area contributed by atoms with Crippen molar-refractivity contribution in [3.05, 3.63) is 52.0 Å². The number of aromatic nitrogens is 1. The van der Waals surface area contributed by atoms with Gasteiger partial charge >= 0.3 is 0 Å². The lowest BCUT2D eigenvalue weighted by Gasteiger charge is -2.21. The number of amides is 1. The van der Waals surface area contributed by atoms with Gasteiger partial charge in [-0.1, -0.05) is 23.2 Å². The molecular formula is C18H17Cl2N3O3. The van der Waals surface area contributed by atoms with E-state index in [9.17, 15) is 9.59 Å². The van der Waals surface area contributed by atoms with Gasteiger partial charge in [0.25, 0.3) is 0 Å². The second-order valence-electron chi connectivity index (χ2n) is 6.71. The van der Waals surface area contributed by atoms with Crippen molar-refractivity contribution in [2.24, 2.45) is 11.1 Å². The molecule has 0 unspecified atom stereocenters. The summed E-state index contributed by atoms with van der Waals surface area (Å²) in [6, 6.07) is 4.80. The minimum Gasteiger partial charge on any atom is -0.461 e. The number of hydrogen-bond acceptors (Lipinski definition) is 4. The number of halogens is 2. The molecule has 4 N–H and O–H groups in total. The number of nitrogens with zero attached hydrogens (tertiary/aromatic N) is 1. The van der Waals surface area contributed by atoms with Crippen LogP contribution in [-0.4, -0.2) is 16.3 Å². The second-order valence-corrected chi connectivity index (χ2v) is 7.49. The van der Waals surface area contributed by atoms with E-state index in [1.807, 2.05) is 0 Å². The lowest BCUT2D eigenvalue weighted by molar-refractivity contribution is -0.126. The number of furan rings is 1. The molecule has 0 bridgehead atoms. The zero-order valence-electron chi connectivity index (χ0n) is 14.2. The predicted molar refractivity (Wildman–Crippen MR) is 101 cm³/mol. The first-order valence-corrected chi connectivity index (χ1v) is 8.53. The predicted octanol–water partition coefficient (Wildman–Crippen LogP) is 3.87. The summed E-state index contributed by atoms with van der Waals surface area (Å²) in [6.07, 6.45) is 3.03. The Bertz CT molecular complexity index is 1020. The monoisotopic (exact) mass is 393 g/mol. The van der Waals surface area contributed by atoms with Crippen LogP contribution in [0.4, 0.5) is 5.69 Å². The van der Waals surface area contributed by atoms with Crippen molar-refractivity contribution in [2.75, 3.05) is 5.73 Å². The van der Waals surface area contributed by atoms with Crippen LogP contribution in [0.2, 0.25) is 10.0 Å². The van der Waals surface area contributed by atoms with Gasteiger partial charge in [0.15, 0.2) is 5.76 Å². The van der Waals surface area contributed by atoms with Crippen LogP contribution in [0.3, 0.4) is 0 Å². The van der Waals surface area contributed by atoms with Crippen molar-refractivity contribution in [2.45, 2.75) is 20.4 Å². The van der Waals surface area contributed by atoms with E-state index in [1.165, 1.54) is 6.26 Å². The topological polar surface area (TPSA) is 104 Å². The molecule has 0 fully saturated rings. The Morgan fingerprint density at radius 1 is 1.31 bits per heavy atom. The first-order chi connectivity index (χ1) is 12.1. The van der Waals surface area contributed by atoms with Gasteiger partial charge in [-0.15, -0.1) is 0 Å². The van der Waals surface area contributed by atoms with E-state index >= 15 is 0 Å². The van der Waals surface area contributed by atoms with Crippen molar-refractivity contribution < 1.29 is 14.0 Å². The molecule has 0 radical (unpaired) electrons. The van der Waals surface area contributed by atoms with Crippen LogP contribution in [-0.2, 0) is 11.3 Å². The Kier molecular flexibility index (Phi) is 4.50. The summed E-state index contributed by atoms with van der Waals surface area (Å²) in [4.78, 5) is 24.6. The average Bonchev–Trinajstić information content (AvgIpc) is 3.20. The lowest BCUT2D eigenvalue weighted by Crippen LogP contribution is -2.35. The molecule has 0 saturated carbocycles. The van der Waals surface area contributed by atoms with Crippen LogP contribution in [0.5, 0.6) is 0 Å². The molecule has 0 aliphatic heterocycles. The lowest BCUT2D eigenvalue weighted by atomic mass is 9.92. The van der Waals surface area contributed by atoms with E-state index in [4.69, 9.17) is 39.1 Å². The van der Waals surface area contributed by atoms with Gasteiger partial charge in [-0.05, 0) is 32.0 Å². The van der Waals surface area contributed by atoms with Crippen molar-refractivity contribution in [3.63, 3.8) is 0 Å². The number of carbonyl (C=O) groups excluding carboxylic acids is 2. The quantitative estimate of drug-likeness (QED) is 0.506. The Balaban J connectivity index is 2.27. The molecule has 0 aliphatic carbocycles. The van der Waals surface area contributed by atoms with E-state index < -0.39 is 11.3 Å². The Labute approximate surface area is 159 Å². The third-order valence-corrected chi connectivity index (χ3v) is 5.12. The Hall–Kier alpha value is -2.44. The number of rotatable bonds is 5. The molecule has 1 aromatic carbocycles. The van der Waals surface area contributed by atoms with Crippen molar-refractivity contribution >= 4 is 51.5 Å². The van der Waals surface area contributed by atoms with Crippen LogP contribution < -0.4 is 11.5 Å². The highest BCUT2D eigenvalue weighted by Crippen LogP contribution is 2.39. The molecule has 2 heterocycles. The van der Waals surface area contributed by atoms with Gasteiger partial charge in [-0.2, -0.15) is 0 Å². The number of nitrogen functional groups attached to an aromatic ring is 1. The van der Waals surface area contributed by atoms with Gasteiger partial charge in [0.05, 0.1) is 38.5 Å². The Morgan fingerprint density at radius 3 is 2.58 bits per heavy atom. The number of fused-ring (bicyclic) bond motifs is 1. The molecule has 0 spiro atoms. The summed E-state index contributed by atoms with van der Waals surface area (Å²) in [5, 5.41) is 0.880. The van der Waals surface area contributed by atoms with Crippen LogP contribution >= 0.6 is 23.2 Å². The maximum Gasteiger partial charge on any atom is 0.230 e. The van der Waals surface area contributed by atoms with Gasteiger partial charge in [0, 0.05) is 18.1 Å². The summed E-state index contributed by atoms with van der Waals surface area (Å²) in [7, 11) is 0. The van der Waals surface area contributed by atoms with Crippen molar-refractivity contribution in [1.29, 1.82) is 0 Å². The number of ketones is 1. The zero-order chi connectivity index (χ0) is 19.2. The third-order valence-electron chi connectivity index (χ3n) is 4.32. The minimum atomic E-state index is -0.849. The van der Waals surface area contributed by atoms with E-state index in [0.29, 0.717) is 16.5 Å². The molecule has 3 rings (SSSR count). The largest absolute Gasteiger partial charge is 0.461 e.